The fourth-order valence-corrected chi connectivity index (χ4v) is 3.76. The standard InChI is InChI=1S/C22H18Cl2N2O/c1-14-10-11-16(23)12-20(14)25-21-17-7-3-4-8-18(17)22(27)26(21)13-15-6-2-5-9-19(15)24/h2-12,21,25H,13H2,1H3/t21-/m0/s1. The van der Waals surface area contributed by atoms with E-state index in [4.69, 9.17) is 23.2 Å². The third kappa shape index (κ3) is 3.41. The minimum Gasteiger partial charge on any atom is -0.361 e. The first kappa shape index (κ1) is 17.9. The summed E-state index contributed by atoms with van der Waals surface area (Å²) in [5, 5.41) is 4.81. The van der Waals surface area contributed by atoms with Crippen LogP contribution in [0.4, 0.5) is 5.69 Å². The van der Waals surface area contributed by atoms with Crippen LogP contribution in [0.25, 0.3) is 0 Å². The van der Waals surface area contributed by atoms with Crippen molar-refractivity contribution in [2.45, 2.75) is 19.6 Å². The number of hydrogen-bond acceptors (Lipinski definition) is 2. The van der Waals surface area contributed by atoms with Crippen LogP contribution in [0.5, 0.6) is 0 Å². The van der Waals surface area contributed by atoms with Crippen molar-refractivity contribution in [3.63, 3.8) is 0 Å². The topological polar surface area (TPSA) is 32.3 Å². The van der Waals surface area contributed by atoms with Crippen molar-refractivity contribution >= 4 is 34.8 Å². The largest absolute Gasteiger partial charge is 0.361 e. The smallest absolute Gasteiger partial charge is 0.256 e. The lowest BCUT2D eigenvalue weighted by atomic mass is 10.1. The van der Waals surface area contributed by atoms with Crippen LogP contribution in [0, 0.1) is 6.92 Å². The Hall–Kier alpha value is -2.49. The number of halogens is 2. The van der Waals surface area contributed by atoms with Crippen molar-refractivity contribution < 1.29 is 4.79 Å². The number of carbonyl (C=O) groups excluding carboxylic acids is 1. The van der Waals surface area contributed by atoms with E-state index >= 15 is 0 Å². The van der Waals surface area contributed by atoms with E-state index in [2.05, 4.69) is 5.32 Å². The van der Waals surface area contributed by atoms with E-state index < -0.39 is 0 Å². The quantitative estimate of drug-likeness (QED) is 0.580. The molecule has 136 valence electrons. The molecule has 1 N–H and O–H groups in total. The summed E-state index contributed by atoms with van der Waals surface area (Å²) in [6.45, 7) is 2.43. The zero-order valence-electron chi connectivity index (χ0n) is 14.7. The SMILES string of the molecule is Cc1ccc(Cl)cc1N[C@@H]1c2ccccc2C(=O)N1Cc1ccccc1Cl. The second kappa shape index (κ2) is 7.26. The summed E-state index contributed by atoms with van der Waals surface area (Å²) in [5.74, 6) is -0.0114. The highest BCUT2D eigenvalue weighted by Crippen LogP contribution is 2.37. The van der Waals surface area contributed by atoms with E-state index in [9.17, 15) is 4.79 Å². The van der Waals surface area contributed by atoms with Gasteiger partial charge in [0.2, 0.25) is 0 Å². The molecule has 0 unspecified atom stereocenters. The summed E-state index contributed by atoms with van der Waals surface area (Å²) in [6.07, 6.45) is -0.290. The predicted octanol–water partition coefficient (Wildman–Crippen LogP) is 6.07. The van der Waals surface area contributed by atoms with Gasteiger partial charge in [0, 0.05) is 33.4 Å². The summed E-state index contributed by atoms with van der Waals surface area (Å²) >= 11 is 12.5. The highest BCUT2D eigenvalue weighted by Gasteiger charge is 2.36. The van der Waals surface area contributed by atoms with Crippen LogP contribution in [0.2, 0.25) is 10.0 Å². The Bertz CT molecular complexity index is 1020. The van der Waals surface area contributed by atoms with E-state index in [1.807, 2.05) is 78.6 Å². The van der Waals surface area contributed by atoms with Crippen LogP contribution in [-0.2, 0) is 6.54 Å². The van der Waals surface area contributed by atoms with E-state index in [0.717, 1.165) is 22.4 Å². The van der Waals surface area contributed by atoms with Gasteiger partial charge in [-0.05, 0) is 42.3 Å². The van der Waals surface area contributed by atoms with Gasteiger partial charge in [0.15, 0.2) is 0 Å². The predicted molar refractivity (Wildman–Crippen MR) is 110 cm³/mol. The Morgan fingerprint density at radius 1 is 1.00 bits per heavy atom. The Morgan fingerprint density at radius 3 is 2.56 bits per heavy atom. The number of nitrogens with zero attached hydrogens (tertiary/aromatic N) is 1. The van der Waals surface area contributed by atoms with Crippen LogP contribution >= 0.6 is 23.2 Å². The number of aryl methyl sites for hydroxylation is 1. The molecular weight excluding hydrogens is 379 g/mol. The molecule has 1 atom stereocenters. The van der Waals surface area contributed by atoms with Crippen LogP contribution in [0.15, 0.2) is 66.7 Å². The zero-order chi connectivity index (χ0) is 19.0. The normalized spacial score (nSPS) is 15.7. The van der Waals surface area contributed by atoms with Gasteiger partial charge in [-0.2, -0.15) is 0 Å². The van der Waals surface area contributed by atoms with Crippen molar-refractivity contribution in [3.05, 3.63) is 99.0 Å². The highest BCUT2D eigenvalue weighted by molar-refractivity contribution is 6.31. The average molecular weight is 397 g/mol. The lowest BCUT2D eigenvalue weighted by Gasteiger charge is -2.28. The fraction of sp³-hybridized carbons (Fsp3) is 0.136. The number of carbonyl (C=O) groups is 1. The first-order valence-corrected chi connectivity index (χ1v) is 9.46. The number of fused-ring (bicyclic) bond motifs is 1. The lowest BCUT2D eigenvalue weighted by Crippen LogP contribution is -2.32. The molecule has 1 aliphatic heterocycles. The molecular formula is C22H18Cl2N2O. The van der Waals surface area contributed by atoms with Crippen LogP contribution in [0.1, 0.15) is 33.2 Å². The molecule has 5 heteroatoms. The molecule has 0 aliphatic carbocycles. The van der Waals surface area contributed by atoms with Crippen molar-refractivity contribution in [1.82, 2.24) is 4.90 Å². The molecule has 3 aromatic rings. The van der Waals surface area contributed by atoms with Gasteiger partial charge in [0.25, 0.3) is 5.91 Å². The molecule has 3 nitrogen and oxygen atoms in total. The number of amides is 1. The zero-order valence-corrected chi connectivity index (χ0v) is 16.3. The van der Waals surface area contributed by atoms with E-state index in [1.165, 1.54) is 0 Å². The monoisotopic (exact) mass is 396 g/mol. The summed E-state index contributed by atoms with van der Waals surface area (Å²) in [5.41, 5.74) is 4.54. The van der Waals surface area contributed by atoms with Gasteiger partial charge in [-0.15, -0.1) is 0 Å². The summed E-state index contributed by atoms with van der Waals surface area (Å²) in [4.78, 5) is 14.9. The molecule has 1 heterocycles. The molecule has 0 saturated carbocycles. The number of rotatable bonds is 4. The Kier molecular flexibility index (Phi) is 4.81. The molecule has 0 bridgehead atoms. The average Bonchev–Trinajstić information content (AvgIpc) is 2.92. The van der Waals surface area contributed by atoms with E-state index in [0.29, 0.717) is 22.2 Å². The molecule has 0 spiro atoms. The minimum atomic E-state index is -0.290. The second-order valence-corrected chi connectivity index (χ2v) is 7.46. The molecule has 1 amide bonds. The summed E-state index contributed by atoms with van der Waals surface area (Å²) < 4.78 is 0. The van der Waals surface area contributed by atoms with Gasteiger partial charge < -0.3 is 10.2 Å². The second-order valence-electron chi connectivity index (χ2n) is 6.62. The highest BCUT2D eigenvalue weighted by atomic mass is 35.5. The number of nitrogens with one attached hydrogen (secondary N) is 1. The Balaban J connectivity index is 1.74. The molecule has 27 heavy (non-hydrogen) atoms. The van der Waals surface area contributed by atoms with Gasteiger partial charge in [-0.1, -0.05) is 65.7 Å². The maximum Gasteiger partial charge on any atom is 0.256 e. The minimum absolute atomic E-state index is 0.0114. The van der Waals surface area contributed by atoms with E-state index in [-0.39, 0.29) is 12.1 Å². The molecule has 1 aliphatic rings. The Morgan fingerprint density at radius 2 is 1.74 bits per heavy atom. The van der Waals surface area contributed by atoms with Gasteiger partial charge in [0.05, 0.1) is 0 Å². The van der Waals surface area contributed by atoms with Crippen LogP contribution < -0.4 is 5.32 Å². The third-order valence-corrected chi connectivity index (χ3v) is 5.45. The maximum absolute atomic E-state index is 13.1. The molecule has 3 aromatic carbocycles. The van der Waals surface area contributed by atoms with Gasteiger partial charge in [-0.3, -0.25) is 4.79 Å². The molecule has 4 rings (SSSR count). The molecule has 0 fully saturated rings. The first-order chi connectivity index (χ1) is 13.0. The molecule has 0 radical (unpaired) electrons. The maximum atomic E-state index is 13.1. The molecule has 0 saturated heterocycles. The van der Waals surface area contributed by atoms with Crippen molar-refractivity contribution in [2.75, 3.05) is 5.32 Å². The van der Waals surface area contributed by atoms with Gasteiger partial charge >= 0.3 is 0 Å². The lowest BCUT2D eigenvalue weighted by molar-refractivity contribution is 0.0729. The van der Waals surface area contributed by atoms with E-state index in [1.54, 1.807) is 0 Å². The van der Waals surface area contributed by atoms with Crippen LogP contribution in [-0.4, -0.2) is 10.8 Å². The van der Waals surface area contributed by atoms with Gasteiger partial charge in [0.1, 0.15) is 6.17 Å². The summed E-state index contributed by atoms with van der Waals surface area (Å²) in [7, 11) is 0. The number of anilines is 1. The van der Waals surface area contributed by atoms with Crippen molar-refractivity contribution in [2.24, 2.45) is 0 Å². The summed E-state index contributed by atoms with van der Waals surface area (Å²) in [6, 6.07) is 21.0. The van der Waals surface area contributed by atoms with Gasteiger partial charge in [-0.25, -0.2) is 0 Å². The first-order valence-electron chi connectivity index (χ1n) is 8.70. The number of benzene rings is 3. The Labute approximate surface area is 168 Å². The van der Waals surface area contributed by atoms with Crippen molar-refractivity contribution in [3.8, 4) is 0 Å². The number of hydrogen-bond donors (Lipinski definition) is 1. The fourth-order valence-electron chi connectivity index (χ4n) is 3.40. The van der Waals surface area contributed by atoms with Crippen LogP contribution in [0.3, 0.4) is 0 Å². The third-order valence-electron chi connectivity index (χ3n) is 4.85. The van der Waals surface area contributed by atoms with Crippen molar-refractivity contribution in [1.29, 1.82) is 0 Å². The molecule has 0 aromatic heterocycles.